The van der Waals surface area contributed by atoms with Gasteiger partial charge in [0.15, 0.2) is 0 Å². The Hall–Kier alpha value is -2.89. The number of nitrogens with zero attached hydrogens (tertiary/aromatic N) is 1. The first-order valence-corrected chi connectivity index (χ1v) is 8.25. The second-order valence-corrected chi connectivity index (χ2v) is 6.00. The Balaban J connectivity index is 1.73. The molecule has 2 aromatic rings. The molecule has 0 bridgehead atoms. The maximum Gasteiger partial charge on any atom is 0.315 e. The van der Waals surface area contributed by atoms with Crippen molar-refractivity contribution in [3.63, 3.8) is 0 Å². The number of benzene rings is 1. The van der Waals surface area contributed by atoms with Crippen LogP contribution in [0, 0.1) is 20.8 Å². The summed E-state index contributed by atoms with van der Waals surface area (Å²) < 4.78 is 0. The summed E-state index contributed by atoms with van der Waals surface area (Å²) in [5.74, 6) is -0.255. The van der Waals surface area contributed by atoms with Gasteiger partial charge in [-0.05, 0) is 44.0 Å². The van der Waals surface area contributed by atoms with E-state index in [1.807, 2.05) is 51.1 Å². The lowest BCUT2D eigenvalue weighted by atomic mass is 10.1. The highest BCUT2D eigenvalue weighted by molar-refractivity contribution is 5.95. The van der Waals surface area contributed by atoms with E-state index < -0.39 is 0 Å². The largest absolute Gasteiger partial charge is 0.338 e. The van der Waals surface area contributed by atoms with Crippen molar-refractivity contribution in [1.82, 2.24) is 15.6 Å². The van der Waals surface area contributed by atoms with Crippen LogP contribution in [-0.4, -0.2) is 30.0 Å². The van der Waals surface area contributed by atoms with Crippen molar-refractivity contribution < 1.29 is 9.59 Å². The van der Waals surface area contributed by atoms with Crippen LogP contribution in [0.5, 0.6) is 0 Å². The molecule has 1 aromatic carbocycles. The van der Waals surface area contributed by atoms with Gasteiger partial charge in [0, 0.05) is 30.5 Å². The van der Waals surface area contributed by atoms with Crippen LogP contribution in [0.2, 0.25) is 0 Å². The van der Waals surface area contributed by atoms with E-state index in [2.05, 4.69) is 20.9 Å². The molecule has 0 spiro atoms. The van der Waals surface area contributed by atoms with Crippen LogP contribution in [0.25, 0.3) is 0 Å². The minimum Gasteiger partial charge on any atom is -0.338 e. The summed E-state index contributed by atoms with van der Waals surface area (Å²) in [6, 6.07) is 9.31. The third-order valence-electron chi connectivity index (χ3n) is 3.74. The van der Waals surface area contributed by atoms with Crippen LogP contribution in [0.4, 0.5) is 10.5 Å². The molecule has 1 aromatic heterocycles. The molecule has 0 aliphatic heterocycles. The van der Waals surface area contributed by atoms with Crippen LogP contribution < -0.4 is 16.0 Å². The Kier molecular flexibility index (Phi) is 6.51. The van der Waals surface area contributed by atoms with E-state index >= 15 is 0 Å². The second kappa shape index (κ2) is 8.82. The molecular weight excluding hydrogens is 316 g/mol. The maximum atomic E-state index is 12.0. The summed E-state index contributed by atoms with van der Waals surface area (Å²) in [7, 11) is 0. The van der Waals surface area contributed by atoms with Crippen LogP contribution >= 0.6 is 0 Å². The van der Waals surface area contributed by atoms with Gasteiger partial charge in [0.05, 0.1) is 6.54 Å². The monoisotopic (exact) mass is 340 g/mol. The Morgan fingerprint density at radius 1 is 1.04 bits per heavy atom. The van der Waals surface area contributed by atoms with E-state index in [1.165, 1.54) is 0 Å². The summed E-state index contributed by atoms with van der Waals surface area (Å²) in [5.41, 5.74) is 4.87. The van der Waals surface area contributed by atoms with Gasteiger partial charge >= 0.3 is 6.03 Å². The van der Waals surface area contributed by atoms with E-state index in [1.54, 1.807) is 6.20 Å². The minimum absolute atomic E-state index is 0.0812. The molecule has 0 saturated carbocycles. The molecule has 3 N–H and O–H groups in total. The number of amides is 3. The number of carbonyl (C=O) groups is 2. The molecule has 3 amide bonds. The minimum atomic E-state index is -0.372. The van der Waals surface area contributed by atoms with E-state index in [9.17, 15) is 9.59 Å². The number of pyridine rings is 1. The molecule has 2 rings (SSSR count). The summed E-state index contributed by atoms with van der Waals surface area (Å²) in [5, 5.41) is 8.12. The number of rotatable bonds is 6. The molecule has 0 saturated heterocycles. The topological polar surface area (TPSA) is 83.1 Å². The number of hydrogen-bond donors (Lipinski definition) is 3. The Morgan fingerprint density at radius 3 is 2.40 bits per heavy atom. The molecule has 0 aliphatic rings. The second-order valence-electron chi connectivity index (χ2n) is 6.00. The van der Waals surface area contributed by atoms with Crippen molar-refractivity contribution in [3.05, 3.63) is 58.9 Å². The van der Waals surface area contributed by atoms with E-state index in [0.29, 0.717) is 13.0 Å². The summed E-state index contributed by atoms with van der Waals surface area (Å²) in [4.78, 5) is 28.0. The van der Waals surface area contributed by atoms with Gasteiger partial charge < -0.3 is 16.0 Å². The molecular formula is C19H24N4O2. The highest BCUT2D eigenvalue weighted by atomic mass is 16.2. The highest BCUT2D eigenvalue weighted by Gasteiger charge is 2.09. The van der Waals surface area contributed by atoms with Crippen LogP contribution in [-0.2, 0) is 11.2 Å². The van der Waals surface area contributed by atoms with Crippen molar-refractivity contribution in [3.8, 4) is 0 Å². The molecule has 132 valence electrons. The quantitative estimate of drug-likeness (QED) is 0.755. The zero-order chi connectivity index (χ0) is 18.2. The van der Waals surface area contributed by atoms with Crippen LogP contribution in [0.1, 0.15) is 22.4 Å². The average molecular weight is 340 g/mol. The average Bonchev–Trinajstić information content (AvgIpc) is 2.57. The van der Waals surface area contributed by atoms with Gasteiger partial charge in [0.2, 0.25) is 5.91 Å². The fourth-order valence-electron chi connectivity index (χ4n) is 2.63. The number of aryl methyl sites for hydroxylation is 3. The number of urea groups is 1. The highest BCUT2D eigenvalue weighted by Crippen LogP contribution is 2.21. The number of anilines is 1. The Morgan fingerprint density at radius 2 is 1.76 bits per heavy atom. The van der Waals surface area contributed by atoms with Crippen LogP contribution in [0.3, 0.4) is 0 Å². The van der Waals surface area contributed by atoms with Crippen molar-refractivity contribution >= 4 is 17.6 Å². The van der Waals surface area contributed by atoms with E-state index in [0.717, 1.165) is 28.1 Å². The molecule has 6 heteroatoms. The standard InChI is InChI=1S/C19H24N4O2/c1-13-10-14(2)18(15(3)11-13)23-17(24)12-22-19(25)21-9-7-16-6-4-5-8-20-16/h4-6,8,10-11H,7,9,12H2,1-3H3,(H,23,24)(H2,21,22,25). The lowest BCUT2D eigenvalue weighted by molar-refractivity contribution is -0.115. The molecule has 0 atom stereocenters. The normalized spacial score (nSPS) is 10.2. The van der Waals surface area contributed by atoms with Crippen molar-refractivity contribution in [2.75, 3.05) is 18.4 Å². The van der Waals surface area contributed by atoms with Gasteiger partial charge in [0.25, 0.3) is 0 Å². The lowest BCUT2D eigenvalue weighted by Crippen LogP contribution is -2.40. The summed E-state index contributed by atoms with van der Waals surface area (Å²) >= 11 is 0. The SMILES string of the molecule is Cc1cc(C)c(NC(=O)CNC(=O)NCCc2ccccn2)c(C)c1. The van der Waals surface area contributed by atoms with Gasteiger partial charge in [-0.3, -0.25) is 9.78 Å². The molecule has 0 unspecified atom stereocenters. The third-order valence-corrected chi connectivity index (χ3v) is 3.74. The predicted molar refractivity (Wildman–Crippen MR) is 98.6 cm³/mol. The fourth-order valence-corrected chi connectivity index (χ4v) is 2.63. The summed E-state index contributed by atoms with van der Waals surface area (Å²) in [6.07, 6.45) is 2.36. The zero-order valence-electron chi connectivity index (χ0n) is 14.8. The molecule has 1 heterocycles. The van der Waals surface area contributed by atoms with E-state index in [4.69, 9.17) is 0 Å². The zero-order valence-corrected chi connectivity index (χ0v) is 14.8. The van der Waals surface area contributed by atoms with E-state index in [-0.39, 0.29) is 18.5 Å². The first-order chi connectivity index (χ1) is 12.0. The molecule has 6 nitrogen and oxygen atoms in total. The maximum absolute atomic E-state index is 12.0. The molecule has 0 radical (unpaired) electrons. The molecule has 0 aliphatic carbocycles. The Labute approximate surface area is 148 Å². The third kappa shape index (κ3) is 5.91. The molecule has 0 fully saturated rings. The number of aromatic nitrogens is 1. The number of nitrogens with one attached hydrogen (secondary N) is 3. The summed E-state index contributed by atoms with van der Waals surface area (Å²) in [6.45, 7) is 6.30. The first kappa shape index (κ1) is 18.4. The molecule has 25 heavy (non-hydrogen) atoms. The van der Waals surface area contributed by atoms with Crippen LogP contribution in [0.15, 0.2) is 36.5 Å². The van der Waals surface area contributed by atoms with Gasteiger partial charge in [-0.25, -0.2) is 4.79 Å². The van der Waals surface area contributed by atoms with Gasteiger partial charge in [-0.15, -0.1) is 0 Å². The van der Waals surface area contributed by atoms with Crippen molar-refractivity contribution in [2.45, 2.75) is 27.2 Å². The van der Waals surface area contributed by atoms with Gasteiger partial charge in [-0.2, -0.15) is 0 Å². The smallest absolute Gasteiger partial charge is 0.315 e. The fraction of sp³-hybridized carbons (Fsp3) is 0.316. The number of carbonyl (C=O) groups excluding carboxylic acids is 2. The van der Waals surface area contributed by atoms with Gasteiger partial charge in [0.1, 0.15) is 0 Å². The Bertz CT molecular complexity index is 721. The number of hydrogen-bond acceptors (Lipinski definition) is 3. The first-order valence-electron chi connectivity index (χ1n) is 8.25. The van der Waals surface area contributed by atoms with Crippen molar-refractivity contribution in [1.29, 1.82) is 0 Å². The predicted octanol–water partition coefficient (Wildman–Crippen LogP) is 2.49. The van der Waals surface area contributed by atoms with Gasteiger partial charge in [-0.1, -0.05) is 23.8 Å². The van der Waals surface area contributed by atoms with Crippen molar-refractivity contribution in [2.24, 2.45) is 0 Å². The lowest BCUT2D eigenvalue weighted by Gasteiger charge is -2.13.